The highest BCUT2D eigenvalue weighted by atomic mass is 17.0. The molecule has 0 heterocycles. The van der Waals surface area contributed by atoms with E-state index in [0.717, 1.165) is 44.9 Å². The van der Waals surface area contributed by atoms with Crippen molar-refractivity contribution in [1.29, 1.82) is 0 Å². The summed E-state index contributed by atoms with van der Waals surface area (Å²) >= 11 is 0. The van der Waals surface area contributed by atoms with Crippen molar-refractivity contribution in [2.24, 2.45) is 0 Å². The molecule has 1 atom stereocenters. The number of rotatable bonds is 16. The molecule has 10 nitrogen and oxygen atoms in total. The van der Waals surface area contributed by atoms with Gasteiger partial charge >= 0.3 is 11.9 Å². The highest BCUT2D eigenvalue weighted by Gasteiger charge is 2.32. The number of nitrogens with zero attached hydrogens (tertiary/aromatic N) is 1. The summed E-state index contributed by atoms with van der Waals surface area (Å²) in [5, 5.41) is 19.4. The first kappa shape index (κ1) is 31.0. The number of carboxylic acids is 1. The van der Waals surface area contributed by atoms with Crippen LogP contribution in [0, 0.1) is 17.0 Å². The molecule has 36 heavy (non-hydrogen) atoms. The fourth-order valence-corrected chi connectivity index (χ4v) is 4.19. The molecule has 0 radical (unpaired) electrons. The van der Waals surface area contributed by atoms with Crippen LogP contribution in [0.2, 0.25) is 0 Å². The molecule has 0 aromatic heterocycles. The molecule has 0 spiro atoms. The predicted octanol–water partition coefficient (Wildman–Crippen LogP) is 5.93. The number of unbranched alkanes of at least 4 members (excludes halogenated alkanes) is 6. The van der Waals surface area contributed by atoms with Crippen molar-refractivity contribution in [3.05, 3.63) is 32.4 Å². The van der Waals surface area contributed by atoms with E-state index in [9.17, 15) is 24.8 Å². The quantitative estimate of drug-likeness (QED) is 0.124. The molecule has 1 N–H and O–H groups in total. The summed E-state index contributed by atoms with van der Waals surface area (Å²) in [6.07, 6.45) is 7.31. The van der Waals surface area contributed by atoms with Crippen molar-refractivity contribution in [2.75, 3.05) is 14.2 Å². The van der Waals surface area contributed by atoms with E-state index in [-0.39, 0.29) is 28.7 Å². The van der Waals surface area contributed by atoms with Gasteiger partial charge in [-0.25, -0.2) is 9.59 Å². The number of methoxy groups -OCH3 is 2. The molecule has 1 aromatic carbocycles. The molecule has 0 aliphatic rings. The lowest BCUT2D eigenvalue weighted by atomic mass is 9.90. The highest BCUT2D eigenvalue weighted by Crippen LogP contribution is 2.41. The van der Waals surface area contributed by atoms with E-state index in [1.54, 1.807) is 34.6 Å². The van der Waals surface area contributed by atoms with E-state index >= 15 is 0 Å². The Balaban J connectivity index is 2.89. The van der Waals surface area contributed by atoms with Crippen molar-refractivity contribution in [2.45, 2.75) is 104 Å². The average molecular weight is 512 g/mol. The molecule has 1 unspecified atom stereocenters. The molecular weight excluding hydrogens is 470 g/mol. The summed E-state index contributed by atoms with van der Waals surface area (Å²) in [6.45, 7) is 8.67. The normalized spacial score (nSPS) is 12.1. The molecule has 1 rings (SSSR count). The summed E-state index contributed by atoms with van der Waals surface area (Å²) in [4.78, 5) is 40.0. The molecule has 204 valence electrons. The Kier molecular flexibility index (Phi) is 12.5. The Morgan fingerprint density at radius 1 is 0.944 bits per heavy atom. The van der Waals surface area contributed by atoms with Crippen molar-refractivity contribution < 1.29 is 38.8 Å². The van der Waals surface area contributed by atoms with Crippen LogP contribution in [0.15, 0.2) is 0 Å². The van der Waals surface area contributed by atoms with Crippen LogP contribution in [0.4, 0.5) is 0 Å². The Bertz CT molecular complexity index is 906. The number of benzene rings is 1. The number of esters is 1. The molecule has 0 bridgehead atoms. The fraction of sp³-hybridized carbons (Fsp3) is 0.692. The lowest BCUT2D eigenvalue weighted by Gasteiger charge is -2.24. The number of carbonyl (C=O) groups is 2. The van der Waals surface area contributed by atoms with E-state index in [0.29, 0.717) is 24.0 Å². The molecule has 0 aliphatic heterocycles. The average Bonchev–Trinajstić information content (AvgIpc) is 2.75. The molecule has 10 heteroatoms. The van der Waals surface area contributed by atoms with Gasteiger partial charge in [-0.05, 0) is 65.0 Å². The van der Waals surface area contributed by atoms with E-state index in [2.05, 4.69) is 4.84 Å². The Morgan fingerprint density at radius 2 is 1.44 bits per heavy atom. The van der Waals surface area contributed by atoms with Crippen LogP contribution in [0.3, 0.4) is 0 Å². The minimum absolute atomic E-state index is 0.00467. The molecule has 0 aliphatic carbocycles. The minimum Gasteiger partial charge on any atom is -0.492 e. The highest BCUT2D eigenvalue weighted by molar-refractivity contribution is 6.01. The van der Waals surface area contributed by atoms with Crippen LogP contribution < -0.4 is 9.47 Å². The van der Waals surface area contributed by atoms with Crippen molar-refractivity contribution >= 4 is 11.9 Å². The van der Waals surface area contributed by atoms with Crippen molar-refractivity contribution in [3.8, 4) is 11.5 Å². The number of hydrogen-bond donors (Lipinski definition) is 1. The Morgan fingerprint density at radius 3 is 1.92 bits per heavy atom. The van der Waals surface area contributed by atoms with Crippen molar-refractivity contribution in [3.63, 3.8) is 0 Å². The summed E-state index contributed by atoms with van der Waals surface area (Å²) in [7, 11) is 2.72. The molecule has 0 saturated carbocycles. The summed E-state index contributed by atoms with van der Waals surface area (Å²) in [5.41, 5.74) is 0.509. The van der Waals surface area contributed by atoms with Crippen molar-refractivity contribution in [1.82, 2.24) is 0 Å². The summed E-state index contributed by atoms with van der Waals surface area (Å²) in [5.74, 6) is -1.66. The van der Waals surface area contributed by atoms with Crippen LogP contribution in [0.5, 0.6) is 11.5 Å². The van der Waals surface area contributed by atoms with Gasteiger partial charge in [0, 0.05) is 0 Å². The third-order valence-corrected chi connectivity index (χ3v) is 5.82. The van der Waals surface area contributed by atoms with E-state index in [1.807, 2.05) is 0 Å². The first-order valence-electron chi connectivity index (χ1n) is 12.4. The largest absolute Gasteiger partial charge is 0.492 e. The number of carbonyl (C=O) groups excluding carboxylic acids is 1. The molecule has 0 saturated heterocycles. The summed E-state index contributed by atoms with van der Waals surface area (Å²) < 4.78 is 16.4. The number of hydrogen-bond acceptors (Lipinski definition) is 8. The second-order valence-corrected chi connectivity index (χ2v) is 9.88. The van der Waals surface area contributed by atoms with Gasteiger partial charge in [-0.15, -0.1) is 10.1 Å². The number of ether oxygens (including phenoxy) is 3. The first-order valence-corrected chi connectivity index (χ1v) is 12.4. The zero-order chi connectivity index (χ0) is 27.5. The van der Waals surface area contributed by atoms with Crippen LogP contribution in [0.25, 0.3) is 0 Å². The zero-order valence-corrected chi connectivity index (χ0v) is 22.6. The van der Waals surface area contributed by atoms with Gasteiger partial charge in [0.05, 0.1) is 14.2 Å². The lowest BCUT2D eigenvalue weighted by molar-refractivity contribution is -0.767. The predicted molar refractivity (Wildman–Crippen MR) is 135 cm³/mol. The lowest BCUT2D eigenvalue weighted by Crippen LogP contribution is -2.26. The zero-order valence-electron chi connectivity index (χ0n) is 22.6. The first-order chi connectivity index (χ1) is 16.8. The third kappa shape index (κ3) is 9.54. The van der Waals surface area contributed by atoms with E-state index in [1.165, 1.54) is 14.2 Å². The maximum absolute atomic E-state index is 13.2. The van der Waals surface area contributed by atoms with Gasteiger partial charge in [-0.2, -0.15) is 0 Å². The Labute approximate surface area is 213 Å². The van der Waals surface area contributed by atoms with E-state index < -0.39 is 22.6 Å². The topological polar surface area (TPSA) is 134 Å². The van der Waals surface area contributed by atoms with Crippen LogP contribution in [0.1, 0.15) is 111 Å². The van der Waals surface area contributed by atoms with Gasteiger partial charge in [-0.1, -0.05) is 38.5 Å². The summed E-state index contributed by atoms with van der Waals surface area (Å²) in [6, 6.07) is 0. The number of aromatic carboxylic acids is 1. The SMILES string of the molecule is COc1c(OC)c(C(=O)OC(C)(C)C)c(CCCCCCCCCC(C)O[N+](=O)[O-])c(C)c1C(=O)O. The molecular formula is C26H41NO9. The Hall–Kier alpha value is -3.04. The van der Waals surface area contributed by atoms with Gasteiger partial charge in [-0.3, -0.25) is 0 Å². The van der Waals surface area contributed by atoms with Crippen LogP contribution >= 0.6 is 0 Å². The second kappa shape index (κ2) is 14.5. The maximum Gasteiger partial charge on any atom is 0.342 e. The second-order valence-electron chi connectivity index (χ2n) is 9.88. The number of carboxylic acid groups (broad SMARTS) is 1. The standard InChI is InChI=1S/C26H41NO9/c1-17(36-27(31)32)15-13-11-9-8-10-12-14-16-19-18(2)20(24(28)29)22(33-6)23(34-7)21(19)25(30)35-26(3,4)5/h17H,8-16H2,1-7H3,(H,28,29). The van der Waals surface area contributed by atoms with Crippen LogP contribution in [-0.2, 0) is 16.0 Å². The molecule has 1 aromatic rings. The molecule has 0 amide bonds. The van der Waals surface area contributed by atoms with Gasteiger partial charge in [0.2, 0.25) is 0 Å². The van der Waals surface area contributed by atoms with Gasteiger partial charge in [0.15, 0.2) is 11.5 Å². The van der Waals surface area contributed by atoms with Crippen LogP contribution in [-0.4, -0.2) is 48.1 Å². The minimum atomic E-state index is -1.16. The maximum atomic E-state index is 13.2. The monoisotopic (exact) mass is 511 g/mol. The third-order valence-electron chi connectivity index (χ3n) is 5.82. The van der Waals surface area contributed by atoms with Gasteiger partial charge < -0.3 is 24.2 Å². The fourth-order valence-electron chi connectivity index (χ4n) is 4.19. The van der Waals surface area contributed by atoms with Gasteiger partial charge in [0.1, 0.15) is 22.8 Å². The van der Waals surface area contributed by atoms with E-state index in [4.69, 9.17) is 14.2 Å². The van der Waals surface area contributed by atoms with Gasteiger partial charge in [0.25, 0.3) is 5.09 Å². The smallest absolute Gasteiger partial charge is 0.342 e. The molecule has 0 fully saturated rings.